The Kier molecular flexibility index (Phi) is 4.61. The Morgan fingerprint density at radius 1 is 1.05 bits per heavy atom. The summed E-state index contributed by atoms with van der Waals surface area (Å²) in [6, 6.07) is 0.358. The van der Waals surface area contributed by atoms with E-state index < -0.39 is 0 Å². The van der Waals surface area contributed by atoms with Gasteiger partial charge >= 0.3 is 0 Å². The maximum absolute atomic E-state index is 5.97. The van der Waals surface area contributed by atoms with Crippen molar-refractivity contribution in [1.82, 2.24) is 15.0 Å². The van der Waals surface area contributed by atoms with E-state index in [1.54, 1.807) is 0 Å². The molecule has 0 amide bonds. The lowest BCUT2D eigenvalue weighted by molar-refractivity contribution is 0.105. The molecule has 6 heteroatoms. The van der Waals surface area contributed by atoms with Crippen LogP contribution in [0.3, 0.4) is 0 Å². The molecule has 1 aliphatic rings. The van der Waals surface area contributed by atoms with E-state index in [-0.39, 0.29) is 5.28 Å². The Labute approximate surface area is 132 Å². The molecule has 5 nitrogen and oxygen atoms in total. The second-order valence-corrected chi connectivity index (χ2v) is 7.87. The zero-order valence-corrected chi connectivity index (χ0v) is 14.4. The van der Waals surface area contributed by atoms with Crippen molar-refractivity contribution in [2.75, 3.05) is 17.2 Å². The van der Waals surface area contributed by atoms with Crippen molar-refractivity contribution >= 4 is 23.5 Å². The number of rotatable bonds is 4. The number of nitrogens with zero attached hydrogens (tertiary/aromatic N) is 3. The molecule has 0 bridgehead atoms. The largest absolute Gasteiger partial charge is 0.354 e. The second kappa shape index (κ2) is 5.95. The van der Waals surface area contributed by atoms with Crippen molar-refractivity contribution in [2.24, 2.45) is 10.8 Å². The number of anilines is 2. The first kappa shape index (κ1) is 16.3. The average Bonchev–Trinajstić information content (AvgIpc) is 2.23. The SMILES string of the molecule is CCNc1nc(Cl)nc(NC2CC(C)(C)CC(C)(C)C2)n1. The van der Waals surface area contributed by atoms with E-state index >= 15 is 0 Å². The van der Waals surface area contributed by atoms with Crippen molar-refractivity contribution in [3.05, 3.63) is 5.28 Å². The van der Waals surface area contributed by atoms with Gasteiger partial charge in [-0.25, -0.2) is 0 Å². The third-order valence-corrected chi connectivity index (χ3v) is 4.00. The normalized spacial score (nSPS) is 21.0. The van der Waals surface area contributed by atoms with Gasteiger partial charge in [-0.15, -0.1) is 0 Å². The quantitative estimate of drug-likeness (QED) is 0.880. The van der Waals surface area contributed by atoms with Gasteiger partial charge in [0.05, 0.1) is 0 Å². The van der Waals surface area contributed by atoms with E-state index in [1.807, 2.05) is 6.92 Å². The monoisotopic (exact) mass is 311 g/mol. The molecule has 1 saturated carbocycles. The van der Waals surface area contributed by atoms with E-state index in [2.05, 4.69) is 53.3 Å². The van der Waals surface area contributed by atoms with E-state index in [0.29, 0.717) is 28.8 Å². The van der Waals surface area contributed by atoms with Gasteiger partial charge in [-0.05, 0) is 48.6 Å². The fraction of sp³-hybridized carbons (Fsp3) is 0.800. The third-order valence-electron chi connectivity index (χ3n) is 3.83. The first-order chi connectivity index (χ1) is 9.69. The maximum Gasteiger partial charge on any atom is 0.229 e. The smallest absolute Gasteiger partial charge is 0.229 e. The van der Waals surface area contributed by atoms with Gasteiger partial charge in [0, 0.05) is 12.6 Å². The molecule has 0 saturated heterocycles. The van der Waals surface area contributed by atoms with Crippen LogP contribution >= 0.6 is 11.6 Å². The Bertz CT molecular complexity index is 485. The lowest BCUT2D eigenvalue weighted by Crippen LogP contribution is -2.40. The number of hydrogen-bond acceptors (Lipinski definition) is 5. The van der Waals surface area contributed by atoms with Gasteiger partial charge in [0.25, 0.3) is 0 Å². The molecule has 1 aliphatic carbocycles. The van der Waals surface area contributed by atoms with Crippen molar-refractivity contribution in [3.63, 3.8) is 0 Å². The molecule has 0 atom stereocenters. The van der Waals surface area contributed by atoms with E-state index in [0.717, 1.165) is 19.4 Å². The van der Waals surface area contributed by atoms with E-state index in [1.165, 1.54) is 6.42 Å². The predicted octanol–water partition coefficient (Wildman–Crippen LogP) is 3.97. The summed E-state index contributed by atoms with van der Waals surface area (Å²) in [6.07, 6.45) is 3.45. The van der Waals surface area contributed by atoms with Crippen molar-refractivity contribution in [3.8, 4) is 0 Å². The second-order valence-electron chi connectivity index (χ2n) is 7.54. The van der Waals surface area contributed by atoms with Crippen LogP contribution in [0.1, 0.15) is 53.9 Å². The van der Waals surface area contributed by atoms with Crippen LogP contribution in [0.25, 0.3) is 0 Å². The molecular formula is C15H26ClN5. The van der Waals surface area contributed by atoms with E-state index in [9.17, 15) is 0 Å². The Morgan fingerprint density at radius 2 is 1.62 bits per heavy atom. The molecule has 0 aromatic carbocycles. The van der Waals surface area contributed by atoms with Crippen LogP contribution in [-0.2, 0) is 0 Å². The topological polar surface area (TPSA) is 62.7 Å². The van der Waals surface area contributed by atoms with Gasteiger partial charge in [-0.1, -0.05) is 27.7 Å². The molecule has 21 heavy (non-hydrogen) atoms. The molecule has 2 rings (SSSR count). The first-order valence-electron chi connectivity index (χ1n) is 7.61. The Hall–Kier alpha value is -1.10. The molecular weight excluding hydrogens is 286 g/mol. The summed E-state index contributed by atoms with van der Waals surface area (Å²) in [4.78, 5) is 12.6. The predicted molar refractivity (Wildman–Crippen MR) is 87.8 cm³/mol. The van der Waals surface area contributed by atoms with Crippen LogP contribution in [0.15, 0.2) is 0 Å². The standard InChI is InChI=1S/C15H26ClN5/c1-6-17-12-19-11(16)20-13(21-12)18-10-7-14(2,3)9-15(4,5)8-10/h10H,6-9H2,1-5H3,(H2,17,18,19,20,21). The molecule has 0 spiro atoms. The summed E-state index contributed by atoms with van der Waals surface area (Å²) < 4.78 is 0. The highest BCUT2D eigenvalue weighted by atomic mass is 35.5. The zero-order valence-electron chi connectivity index (χ0n) is 13.6. The summed E-state index contributed by atoms with van der Waals surface area (Å²) in [5.41, 5.74) is 0.640. The van der Waals surface area contributed by atoms with Gasteiger partial charge in [-0.2, -0.15) is 15.0 Å². The van der Waals surface area contributed by atoms with Crippen LogP contribution in [0, 0.1) is 10.8 Å². The van der Waals surface area contributed by atoms with Crippen LogP contribution in [0.4, 0.5) is 11.9 Å². The molecule has 1 aromatic heterocycles. The molecule has 0 radical (unpaired) electrons. The molecule has 118 valence electrons. The lowest BCUT2D eigenvalue weighted by atomic mass is 9.63. The highest BCUT2D eigenvalue weighted by molar-refractivity contribution is 6.28. The molecule has 0 aliphatic heterocycles. The maximum atomic E-state index is 5.97. The average molecular weight is 312 g/mol. The van der Waals surface area contributed by atoms with Crippen molar-refractivity contribution in [1.29, 1.82) is 0 Å². The molecule has 2 N–H and O–H groups in total. The summed E-state index contributed by atoms with van der Waals surface area (Å²) >= 11 is 5.97. The zero-order chi connectivity index (χ0) is 15.7. The summed E-state index contributed by atoms with van der Waals surface area (Å²) in [7, 11) is 0. The number of halogens is 1. The van der Waals surface area contributed by atoms with Crippen LogP contribution in [0.2, 0.25) is 5.28 Å². The third kappa shape index (κ3) is 4.70. The minimum absolute atomic E-state index is 0.220. The van der Waals surface area contributed by atoms with Crippen molar-refractivity contribution in [2.45, 2.75) is 59.9 Å². The van der Waals surface area contributed by atoms with Crippen LogP contribution in [0.5, 0.6) is 0 Å². The Morgan fingerprint density at radius 3 is 2.19 bits per heavy atom. The minimum Gasteiger partial charge on any atom is -0.354 e. The molecule has 0 unspecified atom stereocenters. The highest BCUT2D eigenvalue weighted by Gasteiger charge is 2.38. The van der Waals surface area contributed by atoms with E-state index in [4.69, 9.17) is 11.6 Å². The summed E-state index contributed by atoms with van der Waals surface area (Å²) in [5.74, 6) is 1.08. The van der Waals surface area contributed by atoms with Gasteiger partial charge in [-0.3, -0.25) is 0 Å². The summed E-state index contributed by atoms with van der Waals surface area (Å²) in [6.45, 7) is 12.1. The van der Waals surface area contributed by atoms with Gasteiger partial charge in [0.2, 0.25) is 17.2 Å². The fourth-order valence-corrected chi connectivity index (χ4v) is 3.94. The minimum atomic E-state index is 0.220. The van der Waals surface area contributed by atoms with Crippen LogP contribution < -0.4 is 10.6 Å². The van der Waals surface area contributed by atoms with Gasteiger partial charge in [0.15, 0.2) is 0 Å². The molecule has 1 heterocycles. The molecule has 1 aromatic rings. The first-order valence-corrected chi connectivity index (χ1v) is 7.99. The number of nitrogens with one attached hydrogen (secondary N) is 2. The lowest BCUT2D eigenvalue weighted by Gasteiger charge is -2.45. The number of hydrogen-bond donors (Lipinski definition) is 2. The summed E-state index contributed by atoms with van der Waals surface area (Å²) in [5, 5.41) is 6.74. The molecule has 1 fully saturated rings. The highest BCUT2D eigenvalue weighted by Crippen LogP contribution is 2.46. The van der Waals surface area contributed by atoms with Gasteiger partial charge < -0.3 is 10.6 Å². The number of aromatic nitrogens is 3. The van der Waals surface area contributed by atoms with Gasteiger partial charge in [0.1, 0.15) is 0 Å². The van der Waals surface area contributed by atoms with Crippen molar-refractivity contribution < 1.29 is 0 Å². The Balaban J connectivity index is 2.13. The van der Waals surface area contributed by atoms with Crippen LogP contribution in [-0.4, -0.2) is 27.5 Å². The fourth-order valence-electron chi connectivity index (χ4n) is 3.78.